The Balaban J connectivity index is 1.48. The van der Waals surface area contributed by atoms with Crippen LogP contribution in [0.5, 0.6) is 5.75 Å². The molecule has 1 N–H and O–H groups in total. The van der Waals surface area contributed by atoms with Crippen LogP contribution in [0.4, 0.5) is 5.69 Å². The second kappa shape index (κ2) is 8.77. The molecule has 1 aliphatic heterocycles. The lowest BCUT2D eigenvalue weighted by molar-refractivity contribution is -0.146. The van der Waals surface area contributed by atoms with Gasteiger partial charge in [-0.15, -0.1) is 0 Å². The Morgan fingerprint density at radius 1 is 1.00 bits per heavy atom. The molecule has 2 aromatic carbocycles. The molecule has 7 heteroatoms. The fourth-order valence-electron chi connectivity index (χ4n) is 2.96. The van der Waals surface area contributed by atoms with Gasteiger partial charge < -0.3 is 19.9 Å². The Morgan fingerprint density at radius 3 is 2.22 bits per heavy atom. The van der Waals surface area contributed by atoms with Crippen molar-refractivity contribution in [2.24, 2.45) is 0 Å². The first-order valence-electron chi connectivity index (χ1n) is 8.77. The largest absolute Gasteiger partial charge is 0.497 e. The molecule has 6 nitrogen and oxygen atoms in total. The minimum Gasteiger partial charge on any atom is -0.497 e. The van der Waals surface area contributed by atoms with Gasteiger partial charge in [0.2, 0.25) is 0 Å². The number of halogens is 1. The summed E-state index contributed by atoms with van der Waals surface area (Å²) in [5.41, 5.74) is 1.97. The zero-order chi connectivity index (χ0) is 19.2. The van der Waals surface area contributed by atoms with Crippen LogP contribution in [0.3, 0.4) is 0 Å². The molecule has 0 atom stereocenters. The topological polar surface area (TPSA) is 61.9 Å². The predicted octanol–water partition coefficient (Wildman–Crippen LogP) is 2.31. The second-order valence-electron chi connectivity index (χ2n) is 6.29. The third-order valence-electron chi connectivity index (χ3n) is 4.57. The molecule has 1 aliphatic rings. The van der Waals surface area contributed by atoms with E-state index in [0.29, 0.717) is 37.7 Å². The molecule has 0 aliphatic carbocycles. The van der Waals surface area contributed by atoms with Crippen molar-refractivity contribution in [3.8, 4) is 5.75 Å². The van der Waals surface area contributed by atoms with Gasteiger partial charge in [-0.25, -0.2) is 0 Å². The van der Waals surface area contributed by atoms with Crippen molar-refractivity contribution in [1.82, 2.24) is 10.2 Å². The Bertz CT molecular complexity index is 785. The summed E-state index contributed by atoms with van der Waals surface area (Å²) in [5.74, 6) is -0.258. The summed E-state index contributed by atoms with van der Waals surface area (Å²) in [5, 5.41) is 3.31. The van der Waals surface area contributed by atoms with Gasteiger partial charge in [-0.3, -0.25) is 9.59 Å². The van der Waals surface area contributed by atoms with Gasteiger partial charge in [0.15, 0.2) is 0 Å². The molecule has 27 heavy (non-hydrogen) atoms. The van der Waals surface area contributed by atoms with E-state index in [1.165, 1.54) is 0 Å². The van der Waals surface area contributed by atoms with Crippen molar-refractivity contribution >= 4 is 29.1 Å². The molecule has 1 saturated heterocycles. The van der Waals surface area contributed by atoms with Gasteiger partial charge in [-0.2, -0.15) is 0 Å². The predicted molar refractivity (Wildman–Crippen MR) is 105 cm³/mol. The highest BCUT2D eigenvalue weighted by Crippen LogP contribution is 2.20. The van der Waals surface area contributed by atoms with E-state index in [-0.39, 0.29) is 0 Å². The van der Waals surface area contributed by atoms with E-state index < -0.39 is 11.8 Å². The van der Waals surface area contributed by atoms with Gasteiger partial charge in [0, 0.05) is 43.4 Å². The van der Waals surface area contributed by atoms with Crippen molar-refractivity contribution in [2.45, 2.75) is 6.54 Å². The van der Waals surface area contributed by atoms with Crippen molar-refractivity contribution in [3.05, 3.63) is 59.1 Å². The number of benzene rings is 2. The molecule has 3 rings (SSSR count). The lowest BCUT2D eigenvalue weighted by atomic mass is 10.2. The first kappa shape index (κ1) is 19.0. The van der Waals surface area contributed by atoms with E-state index in [0.717, 1.165) is 17.0 Å². The zero-order valence-electron chi connectivity index (χ0n) is 15.2. The molecule has 0 radical (unpaired) electrons. The average Bonchev–Trinajstić information content (AvgIpc) is 2.73. The van der Waals surface area contributed by atoms with Gasteiger partial charge in [0.05, 0.1) is 7.11 Å². The number of carbonyl (C=O) groups excluding carboxylic acids is 2. The normalized spacial score (nSPS) is 14.0. The van der Waals surface area contributed by atoms with Crippen LogP contribution in [0, 0.1) is 0 Å². The van der Waals surface area contributed by atoms with E-state index in [2.05, 4.69) is 10.2 Å². The number of rotatable bonds is 4. The van der Waals surface area contributed by atoms with Crippen LogP contribution in [0.25, 0.3) is 0 Å². The number of methoxy groups -OCH3 is 1. The molecule has 0 spiro atoms. The third-order valence-corrected chi connectivity index (χ3v) is 4.82. The molecular formula is C20H22ClN3O3. The summed E-state index contributed by atoms with van der Waals surface area (Å²) in [6.07, 6.45) is 0. The number of anilines is 1. The molecule has 0 saturated carbocycles. The molecule has 142 valence electrons. The van der Waals surface area contributed by atoms with Gasteiger partial charge in [-0.05, 0) is 42.0 Å². The SMILES string of the molecule is COc1ccc(N2CCN(C(=O)C(=O)NCc3ccc(Cl)cc3)CC2)cc1. The quantitative estimate of drug-likeness (QED) is 0.818. The van der Waals surface area contributed by atoms with Crippen molar-refractivity contribution in [1.29, 1.82) is 0 Å². The first-order chi connectivity index (χ1) is 13.1. The first-order valence-corrected chi connectivity index (χ1v) is 9.15. The molecule has 0 unspecified atom stereocenters. The maximum Gasteiger partial charge on any atom is 0.312 e. The Morgan fingerprint density at radius 2 is 1.63 bits per heavy atom. The smallest absolute Gasteiger partial charge is 0.312 e. The van der Waals surface area contributed by atoms with Crippen LogP contribution in [0.1, 0.15) is 5.56 Å². The molecule has 0 bridgehead atoms. The summed E-state index contributed by atoms with van der Waals surface area (Å²) in [6.45, 7) is 2.69. The van der Waals surface area contributed by atoms with Crippen LogP contribution in [0.2, 0.25) is 5.02 Å². The van der Waals surface area contributed by atoms with Gasteiger partial charge in [0.1, 0.15) is 5.75 Å². The van der Waals surface area contributed by atoms with E-state index in [1.807, 2.05) is 36.4 Å². The van der Waals surface area contributed by atoms with Gasteiger partial charge in [-0.1, -0.05) is 23.7 Å². The maximum absolute atomic E-state index is 12.4. The van der Waals surface area contributed by atoms with Gasteiger partial charge in [0.25, 0.3) is 0 Å². The van der Waals surface area contributed by atoms with E-state index >= 15 is 0 Å². The number of hydrogen-bond acceptors (Lipinski definition) is 4. The maximum atomic E-state index is 12.4. The number of nitrogens with zero attached hydrogens (tertiary/aromatic N) is 2. The fourth-order valence-corrected chi connectivity index (χ4v) is 3.09. The standard InChI is InChI=1S/C20H22ClN3O3/c1-27-18-8-6-17(7-9-18)23-10-12-24(13-11-23)20(26)19(25)22-14-15-2-4-16(21)5-3-15/h2-9H,10-14H2,1H3,(H,22,25). The van der Waals surface area contributed by atoms with Crippen LogP contribution < -0.4 is 15.0 Å². The molecule has 1 fully saturated rings. The van der Waals surface area contributed by atoms with Crippen LogP contribution in [-0.4, -0.2) is 50.0 Å². The lowest BCUT2D eigenvalue weighted by Crippen LogP contribution is -2.52. The summed E-state index contributed by atoms with van der Waals surface area (Å²) < 4.78 is 5.17. The molecule has 2 amide bonds. The van der Waals surface area contributed by atoms with E-state index in [4.69, 9.17) is 16.3 Å². The minimum atomic E-state index is -0.581. The molecule has 0 aromatic heterocycles. The number of ether oxygens (including phenoxy) is 1. The average molecular weight is 388 g/mol. The summed E-state index contributed by atoms with van der Waals surface area (Å²) in [6, 6.07) is 15.0. The van der Waals surface area contributed by atoms with Gasteiger partial charge >= 0.3 is 11.8 Å². The molecular weight excluding hydrogens is 366 g/mol. The number of piperazine rings is 1. The monoisotopic (exact) mass is 387 g/mol. The van der Waals surface area contributed by atoms with Crippen LogP contribution in [0.15, 0.2) is 48.5 Å². The Labute approximate surface area is 163 Å². The number of carbonyl (C=O) groups is 2. The highest BCUT2D eigenvalue weighted by Gasteiger charge is 2.25. The fraction of sp³-hybridized carbons (Fsp3) is 0.300. The second-order valence-corrected chi connectivity index (χ2v) is 6.72. The summed E-state index contributed by atoms with van der Waals surface area (Å²) in [7, 11) is 1.64. The zero-order valence-corrected chi connectivity index (χ0v) is 15.9. The van der Waals surface area contributed by atoms with Crippen molar-refractivity contribution in [2.75, 3.05) is 38.2 Å². The number of nitrogens with one attached hydrogen (secondary N) is 1. The number of amides is 2. The highest BCUT2D eigenvalue weighted by atomic mass is 35.5. The third kappa shape index (κ3) is 4.92. The summed E-state index contributed by atoms with van der Waals surface area (Å²) >= 11 is 5.84. The van der Waals surface area contributed by atoms with E-state index in [9.17, 15) is 9.59 Å². The highest BCUT2D eigenvalue weighted by molar-refractivity contribution is 6.35. The van der Waals surface area contributed by atoms with Crippen LogP contribution in [-0.2, 0) is 16.1 Å². The Kier molecular flexibility index (Phi) is 6.19. The molecule has 2 aromatic rings. The minimum absolute atomic E-state index is 0.299. The summed E-state index contributed by atoms with van der Waals surface area (Å²) in [4.78, 5) is 28.3. The van der Waals surface area contributed by atoms with Crippen molar-refractivity contribution < 1.29 is 14.3 Å². The van der Waals surface area contributed by atoms with Crippen molar-refractivity contribution in [3.63, 3.8) is 0 Å². The van der Waals surface area contributed by atoms with Crippen LogP contribution >= 0.6 is 11.6 Å². The Hall–Kier alpha value is -2.73. The molecule has 1 heterocycles. The van der Waals surface area contributed by atoms with E-state index in [1.54, 1.807) is 24.1 Å². The number of hydrogen-bond donors (Lipinski definition) is 1. The lowest BCUT2D eigenvalue weighted by Gasteiger charge is -2.35.